The highest BCUT2D eigenvalue weighted by molar-refractivity contribution is 4.75. The minimum Gasteiger partial charge on any atom is -0.396 e. The average molecular weight is 146 g/mol. The topological polar surface area (TPSA) is 40.5 Å². The molecule has 0 aliphatic rings. The Hall–Kier alpha value is -0.0800. The Morgan fingerprint density at radius 1 is 1.40 bits per heavy atom. The Balaban J connectivity index is 3.81. The first-order chi connectivity index (χ1) is 4.52. The largest absolute Gasteiger partial charge is 0.396 e. The standard InChI is InChI=1S/C8H18O2/c1-4-5-7(6-9)8(2,3)10/h7,9-10H,4-6H2,1-3H3/t7-/m0/s1. The van der Waals surface area contributed by atoms with Gasteiger partial charge in [0.25, 0.3) is 0 Å². The molecule has 2 heteroatoms. The van der Waals surface area contributed by atoms with Crippen molar-refractivity contribution in [3.63, 3.8) is 0 Å². The normalized spacial score (nSPS) is 15.3. The highest BCUT2D eigenvalue weighted by atomic mass is 16.3. The van der Waals surface area contributed by atoms with Crippen molar-refractivity contribution in [2.75, 3.05) is 6.61 Å². The van der Waals surface area contributed by atoms with Gasteiger partial charge in [-0.05, 0) is 20.3 Å². The third-order valence-electron chi connectivity index (χ3n) is 1.86. The lowest BCUT2D eigenvalue weighted by Crippen LogP contribution is -2.33. The van der Waals surface area contributed by atoms with Crippen molar-refractivity contribution in [1.29, 1.82) is 0 Å². The fourth-order valence-corrected chi connectivity index (χ4v) is 1.02. The molecule has 0 unspecified atom stereocenters. The highest BCUT2D eigenvalue weighted by Gasteiger charge is 2.24. The van der Waals surface area contributed by atoms with Gasteiger partial charge < -0.3 is 10.2 Å². The van der Waals surface area contributed by atoms with Gasteiger partial charge in [0.1, 0.15) is 0 Å². The van der Waals surface area contributed by atoms with E-state index < -0.39 is 5.60 Å². The Morgan fingerprint density at radius 3 is 2.00 bits per heavy atom. The maximum atomic E-state index is 9.45. The molecule has 0 bridgehead atoms. The van der Waals surface area contributed by atoms with E-state index in [0.29, 0.717) is 0 Å². The molecule has 0 aromatic carbocycles. The molecule has 0 fully saturated rings. The maximum Gasteiger partial charge on any atom is 0.0641 e. The Bertz CT molecular complexity index is 83.7. The fourth-order valence-electron chi connectivity index (χ4n) is 1.02. The van der Waals surface area contributed by atoms with Crippen LogP contribution in [0.4, 0.5) is 0 Å². The van der Waals surface area contributed by atoms with Crippen LogP contribution in [0.1, 0.15) is 33.6 Å². The second kappa shape index (κ2) is 3.94. The summed E-state index contributed by atoms with van der Waals surface area (Å²) in [6, 6.07) is 0. The van der Waals surface area contributed by atoms with Crippen LogP contribution in [-0.4, -0.2) is 22.4 Å². The molecule has 0 aromatic heterocycles. The third kappa shape index (κ3) is 3.18. The number of hydrogen-bond donors (Lipinski definition) is 2. The van der Waals surface area contributed by atoms with Crippen LogP contribution in [0.15, 0.2) is 0 Å². The molecule has 0 radical (unpaired) electrons. The van der Waals surface area contributed by atoms with Crippen LogP contribution in [0.2, 0.25) is 0 Å². The molecule has 0 amide bonds. The molecular formula is C8H18O2. The highest BCUT2D eigenvalue weighted by Crippen LogP contribution is 2.20. The predicted octanol–water partition coefficient (Wildman–Crippen LogP) is 1.17. The smallest absolute Gasteiger partial charge is 0.0641 e. The van der Waals surface area contributed by atoms with Crippen LogP contribution in [0.5, 0.6) is 0 Å². The molecule has 0 rings (SSSR count). The molecule has 2 nitrogen and oxygen atoms in total. The number of aliphatic hydroxyl groups excluding tert-OH is 1. The van der Waals surface area contributed by atoms with Gasteiger partial charge in [0.05, 0.1) is 5.60 Å². The summed E-state index contributed by atoms with van der Waals surface area (Å²) in [5.41, 5.74) is -0.731. The summed E-state index contributed by atoms with van der Waals surface area (Å²) in [6.45, 7) is 5.61. The van der Waals surface area contributed by atoms with E-state index in [9.17, 15) is 5.11 Å². The van der Waals surface area contributed by atoms with Crippen molar-refractivity contribution in [2.45, 2.75) is 39.2 Å². The zero-order chi connectivity index (χ0) is 8.20. The molecule has 1 atom stereocenters. The molecule has 0 saturated heterocycles. The van der Waals surface area contributed by atoms with Crippen LogP contribution < -0.4 is 0 Å². The Kier molecular flexibility index (Phi) is 3.91. The van der Waals surface area contributed by atoms with Crippen molar-refractivity contribution < 1.29 is 10.2 Å². The van der Waals surface area contributed by atoms with Crippen LogP contribution in [-0.2, 0) is 0 Å². The number of hydrogen-bond acceptors (Lipinski definition) is 2. The summed E-state index contributed by atoms with van der Waals surface area (Å²) in [5, 5.41) is 18.3. The van der Waals surface area contributed by atoms with E-state index in [1.807, 2.05) is 0 Å². The summed E-state index contributed by atoms with van der Waals surface area (Å²) < 4.78 is 0. The molecule has 0 aromatic rings. The van der Waals surface area contributed by atoms with Crippen molar-refractivity contribution in [3.8, 4) is 0 Å². The zero-order valence-electron chi connectivity index (χ0n) is 7.09. The van der Waals surface area contributed by atoms with Gasteiger partial charge in [0.2, 0.25) is 0 Å². The second-order valence-electron chi connectivity index (χ2n) is 3.32. The Labute approximate surface area is 62.9 Å². The van der Waals surface area contributed by atoms with Gasteiger partial charge in [-0.2, -0.15) is 0 Å². The first-order valence-corrected chi connectivity index (χ1v) is 3.85. The van der Waals surface area contributed by atoms with Crippen LogP contribution in [0, 0.1) is 5.92 Å². The van der Waals surface area contributed by atoms with Crippen molar-refractivity contribution in [3.05, 3.63) is 0 Å². The predicted molar refractivity (Wildman–Crippen MR) is 41.8 cm³/mol. The summed E-state index contributed by atoms with van der Waals surface area (Å²) in [4.78, 5) is 0. The van der Waals surface area contributed by atoms with Crippen LogP contribution >= 0.6 is 0 Å². The molecule has 0 aliphatic carbocycles. The molecule has 0 spiro atoms. The van der Waals surface area contributed by atoms with Gasteiger partial charge in [-0.25, -0.2) is 0 Å². The lowest BCUT2D eigenvalue weighted by atomic mass is 9.88. The number of aliphatic hydroxyl groups is 2. The first-order valence-electron chi connectivity index (χ1n) is 3.85. The van der Waals surface area contributed by atoms with E-state index in [0.717, 1.165) is 12.8 Å². The summed E-state index contributed by atoms with van der Waals surface area (Å²) in [5.74, 6) is 0.0255. The van der Waals surface area contributed by atoms with E-state index in [1.165, 1.54) is 0 Å². The molecule has 2 N–H and O–H groups in total. The van der Waals surface area contributed by atoms with E-state index in [4.69, 9.17) is 5.11 Å². The van der Waals surface area contributed by atoms with Crippen LogP contribution in [0.3, 0.4) is 0 Å². The SMILES string of the molecule is CCC[C@@H](CO)C(C)(C)O. The summed E-state index contributed by atoms with van der Waals surface area (Å²) >= 11 is 0. The number of rotatable bonds is 4. The lowest BCUT2D eigenvalue weighted by Gasteiger charge is -2.27. The first kappa shape index (κ1) is 9.92. The van der Waals surface area contributed by atoms with Crippen molar-refractivity contribution in [1.82, 2.24) is 0 Å². The van der Waals surface area contributed by atoms with Gasteiger partial charge in [-0.3, -0.25) is 0 Å². The van der Waals surface area contributed by atoms with Gasteiger partial charge in [-0.15, -0.1) is 0 Å². The zero-order valence-corrected chi connectivity index (χ0v) is 7.09. The van der Waals surface area contributed by atoms with E-state index in [-0.39, 0.29) is 12.5 Å². The molecule has 62 valence electrons. The quantitative estimate of drug-likeness (QED) is 0.625. The molecule has 0 heterocycles. The van der Waals surface area contributed by atoms with Crippen LogP contribution in [0.25, 0.3) is 0 Å². The van der Waals surface area contributed by atoms with Gasteiger partial charge in [0.15, 0.2) is 0 Å². The van der Waals surface area contributed by atoms with Gasteiger partial charge in [-0.1, -0.05) is 13.3 Å². The molecule has 0 aliphatic heterocycles. The van der Waals surface area contributed by atoms with E-state index in [2.05, 4.69) is 6.92 Å². The minimum absolute atomic E-state index is 0.0255. The molecular weight excluding hydrogens is 128 g/mol. The average Bonchev–Trinajstić information content (AvgIpc) is 1.80. The summed E-state index contributed by atoms with van der Waals surface area (Å²) in [7, 11) is 0. The van der Waals surface area contributed by atoms with E-state index in [1.54, 1.807) is 13.8 Å². The van der Waals surface area contributed by atoms with Crippen molar-refractivity contribution in [2.24, 2.45) is 5.92 Å². The maximum absolute atomic E-state index is 9.45. The monoisotopic (exact) mass is 146 g/mol. The summed E-state index contributed by atoms with van der Waals surface area (Å²) in [6.07, 6.45) is 1.90. The molecule has 0 saturated carbocycles. The fraction of sp³-hybridized carbons (Fsp3) is 1.00. The molecule has 10 heavy (non-hydrogen) atoms. The van der Waals surface area contributed by atoms with Crippen molar-refractivity contribution >= 4 is 0 Å². The lowest BCUT2D eigenvalue weighted by molar-refractivity contribution is -0.0124. The Morgan fingerprint density at radius 2 is 1.90 bits per heavy atom. The van der Waals surface area contributed by atoms with Gasteiger partial charge in [0, 0.05) is 12.5 Å². The van der Waals surface area contributed by atoms with Gasteiger partial charge >= 0.3 is 0 Å². The van der Waals surface area contributed by atoms with E-state index >= 15 is 0 Å². The minimum atomic E-state index is -0.731. The third-order valence-corrected chi connectivity index (χ3v) is 1.86. The second-order valence-corrected chi connectivity index (χ2v) is 3.32.